The Kier molecular flexibility index (Phi) is 5.77. The van der Waals surface area contributed by atoms with Crippen LogP contribution < -0.4 is 0 Å². The van der Waals surface area contributed by atoms with Crippen molar-refractivity contribution in [1.82, 2.24) is 0 Å². The van der Waals surface area contributed by atoms with Crippen LogP contribution in [0.4, 0.5) is 0 Å². The Morgan fingerprint density at radius 3 is 2.88 bits per heavy atom. The zero-order chi connectivity index (χ0) is 12.0. The molecule has 4 nitrogen and oxygen atoms in total. The number of rotatable bonds is 6. The molecule has 1 fully saturated rings. The summed E-state index contributed by atoms with van der Waals surface area (Å²) in [6.07, 6.45) is 5.08. The fourth-order valence-corrected chi connectivity index (χ4v) is 2.27. The highest BCUT2D eigenvalue weighted by molar-refractivity contribution is 5.66. The molecular weight excluding hydrogens is 208 g/mol. The van der Waals surface area contributed by atoms with Crippen LogP contribution in [0.3, 0.4) is 0 Å². The van der Waals surface area contributed by atoms with Crippen LogP contribution >= 0.6 is 0 Å². The van der Waals surface area contributed by atoms with E-state index in [-0.39, 0.29) is 12.5 Å². The molecule has 16 heavy (non-hydrogen) atoms. The second kappa shape index (κ2) is 6.86. The Bertz CT molecular complexity index is 217. The molecule has 94 valence electrons. The van der Waals surface area contributed by atoms with Gasteiger partial charge in [0.15, 0.2) is 6.29 Å². The number of ether oxygens (including phenoxy) is 1. The third kappa shape index (κ3) is 4.94. The van der Waals surface area contributed by atoms with Gasteiger partial charge in [-0.15, -0.1) is 0 Å². The highest BCUT2D eigenvalue weighted by atomic mass is 16.6. The van der Waals surface area contributed by atoms with Crippen LogP contribution in [0.15, 0.2) is 0 Å². The maximum Gasteiger partial charge on any atom is 0.303 e. The molecule has 4 heteroatoms. The van der Waals surface area contributed by atoms with Crippen LogP contribution in [0.1, 0.15) is 51.9 Å². The van der Waals surface area contributed by atoms with Crippen LogP contribution in [-0.2, 0) is 9.53 Å². The van der Waals surface area contributed by atoms with Crippen LogP contribution in [0.2, 0.25) is 0 Å². The van der Waals surface area contributed by atoms with Crippen LogP contribution in [0.25, 0.3) is 0 Å². The molecule has 1 aliphatic rings. The highest BCUT2D eigenvalue weighted by Gasteiger charge is 2.24. The van der Waals surface area contributed by atoms with E-state index in [2.05, 4.69) is 0 Å². The molecule has 0 spiro atoms. The van der Waals surface area contributed by atoms with E-state index >= 15 is 0 Å². The van der Waals surface area contributed by atoms with Gasteiger partial charge >= 0.3 is 5.97 Å². The standard InChI is InChI=1S/C12H22O4/c1-2-12(15)16-10-5-3-4-9(8-10)6-7-11(13)14/h9-10,12,15H,2-8H2,1H3,(H,13,14). The predicted molar refractivity (Wildman–Crippen MR) is 60.0 cm³/mol. The fourth-order valence-electron chi connectivity index (χ4n) is 2.27. The van der Waals surface area contributed by atoms with Crippen molar-refractivity contribution in [3.63, 3.8) is 0 Å². The molecule has 0 aromatic heterocycles. The molecule has 0 aromatic carbocycles. The van der Waals surface area contributed by atoms with E-state index in [0.29, 0.717) is 12.3 Å². The lowest BCUT2D eigenvalue weighted by molar-refractivity contribution is -0.150. The van der Waals surface area contributed by atoms with E-state index in [0.717, 1.165) is 32.1 Å². The lowest BCUT2D eigenvalue weighted by atomic mass is 9.84. The van der Waals surface area contributed by atoms with E-state index < -0.39 is 12.3 Å². The van der Waals surface area contributed by atoms with E-state index in [1.807, 2.05) is 6.92 Å². The number of aliphatic hydroxyl groups excluding tert-OH is 1. The van der Waals surface area contributed by atoms with Crippen molar-refractivity contribution in [2.75, 3.05) is 0 Å². The summed E-state index contributed by atoms with van der Waals surface area (Å²) in [4.78, 5) is 10.5. The summed E-state index contributed by atoms with van der Waals surface area (Å²) >= 11 is 0. The zero-order valence-electron chi connectivity index (χ0n) is 9.89. The van der Waals surface area contributed by atoms with Gasteiger partial charge in [-0.3, -0.25) is 4.79 Å². The topological polar surface area (TPSA) is 66.8 Å². The summed E-state index contributed by atoms with van der Waals surface area (Å²) in [6.45, 7) is 1.88. The maximum absolute atomic E-state index is 10.5. The van der Waals surface area contributed by atoms with E-state index in [4.69, 9.17) is 9.84 Å². The fraction of sp³-hybridized carbons (Fsp3) is 0.917. The highest BCUT2D eigenvalue weighted by Crippen LogP contribution is 2.30. The predicted octanol–water partition coefficient (Wildman–Crippen LogP) is 2.16. The Morgan fingerprint density at radius 2 is 2.25 bits per heavy atom. The summed E-state index contributed by atoms with van der Waals surface area (Å²) in [5, 5.41) is 18.0. The number of aliphatic carboxylic acids is 1. The first-order valence-corrected chi connectivity index (χ1v) is 6.17. The van der Waals surface area contributed by atoms with Crippen molar-refractivity contribution in [3.05, 3.63) is 0 Å². The molecule has 1 rings (SSSR count). The lowest BCUT2D eigenvalue weighted by Crippen LogP contribution is -2.27. The van der Waals surface area contributed by atoms with E-state index in [1.165, 1.54) is 0 Å². The lowest BCUT2D eigenvalue weighted by Gasteiger charge is -2.30. The monoisotopic (exact) mass is 230 g/mol. The second-order valence-corrected chi connectivity index (χ2v) is 4.59. The van der Waals surface area contributed by atoms with Gasteiger partial charge in [0.05, 0.1) is 6.10 Å². The molecule has 1 aliphatic carbocycles. The van der Waals surface area contributed by atoms with Gasteiger partial charge in [-0.1, -0.05) is 19.8 Å². The number of aliphatic hydroxyl groups is 1. The summed E-state index contributed by atoms with van der Waals surface area (Å²) in [5.41, 5.74) is 0. The van der Waals surface area contributed by atoms with Crippen LogP contribution in [0.5, 0.6) is 0 Å². The number of carboxylic acids is 1. The smallest absolute Gasteiger partial charge is 0.303 e. The molecule has 0 amide bonds. The third-order valence-corrected chi connectivity index (χ3v) is 3.20. The van der Waals surface area contributed by atoms with E-state index in [9.17, 15) is 9.90 Å². The number of hydrogen-bond acceptors (Lipinski definition) is 3. The maximum atomic E-state index is 10.5. The molecule has 0 aliphatic heterocycles. The molecular formula is C12H22O4. The number of carbonyl (C=O) groups is 1. The average Bonchev–Trinajstić information content (AvgIpc) is 2.26. The van der Waals surface area contributed by atoms with Crippen molar-refractivity contribution in [2.45, 2.75) is 64.3 Å². The van der Waals surface area contributed by atoms with Gasteiger partial charge in [-0.25, -0.2) is 0 Å². The Hall–Kier alpha value is -0.610. The molecule has 2 N–H and O–H groups in total. The number of hydrogen-bond donors (Lipinski definition) is 2. The minimum absolute atomic E-state index is 0.113. The summed E-state index contributed by atoms with van der Waals surface area (Å²) in [5.74, 6) is -0.282. The SMILES string of the molecule is CCC(O)OC1CCCC(CCC(=O)O)C1. The minimum atomic E-state index is -0.725. The van der Waals surface area contributed by atoms with Gasteiger partial charge in [0.1, 0.15) is 0 Å². The van der Waals surface area contributed by atoms with Gasteiger partial charge in [0, 0.05) is 6.42 Å². The van der Waals surface area contributed by atoms with Crippen LogP contribution in [0, 0.1) is 5.92 Å². The Labute approximate surface area is 96.6 Å². The first-order valence-electron chi connectivity index (χ1n) is 6.17. The van der Waals surface area contributed by atoms with Crippen molar-refractivity contribution in [2.24, 2.45) is 5.92 Å². The van der Waals surface area contributed by atoms with Gasteiger partial charge < -0.3 is 14.9 Å². The molecule has 0 heterocycles. The van der Waals surface area contributed by atoms with Gasteiger partial charge in [0.25, 0.3) is 0 Å². The quantitative estimate of drug-likeness (QED) is 0.686. The normalized spacial score (nSPS) is 27.6. The van der Waals surface area contributed by atoms with E-state index in [1.54, 1.807) is 0 Å². The third-order valence-electron chi connectivity index (χ3n) is 3.20. The Morgan fingerprint density at radius 1 is 1.50 bits per heavy atom. The molecule has 1 saturated carbocycles. The summed E-state index contributed by atoms with van der Waals surface area (Å²) in [6, 6.07) is 0. The van der Waals surface area contributed by atoms with Crippen molar-refractivity contribution >= 4 is 5.97 Å². The zero-order valence-corrected chi connectivity index (χ0v) is 9.89. The molecule has 0 saturated heterocycles. The molecule has 3 unspecified atom stereocenters. The molecule has 0 bridgehead atoms. The van der Waals surface area contributed by atoms with Gasteiger partial charge in [-0.05, 0) is 31.6 Å². The summed E-state index contributed by atoms with van der Waals surface area (Å²) < 4.78 is 5.49. The van der Waals surface area contributed by atoms with Crippen molar-refractivity contribution in [3.8, 4) is 0 Å². The van der Waals surface area contributed by atoms with Gasteiger partial charge in [-0.2, -0.15) is 0 Å². The first kappa shape index (κ1) is 13.5. The van der Waals surface area contributed by atoms with Gasteiger partial charge in [0.2, 0.25) is 0 Å². The average molecular weight is 230 g/mol. The first-order chi connectivity index (χ1) is 7.61. The summed E-state index contributed by atoms with van der Waals surface area (Å²) in [7, 11) is 0. The molecule has 0 aromatic rings. The largest absolute Gasteiger partial charge is 0.481 e. The molecule has 3 atom stereocenters. The van der Waals surface area contributed by atoms with Crippen LogP contribution in [-0.4, -0.2) is 28.6 Å². The van der Waals surface area contributed by atoms with Crippen molar-refractivity contribution < 1.29 is 19.7 Å². The van der Waals surface area contributed by atoms with Crippen molar-refractivity contribution in [1.29, 1.82) is 0 Å². The minimum Gasteiger partial charge on any atom is -0.481 e. The molecule has 0 radical (unpaired) electrons. The Balaban J connectivity index is 2.26. The second-order valence-electron chi connectivity index (χ2n) is 4.59. The number of carboxylic acid groups (broad SMARTS) is 1.